The minimum absolute atomic E-state index is 0.0613. The number of rotatable bonds is 4. The molecule has 1 N–H and O–H groups in total. The Balaban J connectivity index is 1.74. The van der Waals surface area contributed by atoms with Crippen molar-refractivity contribution in [1.29, 1.82) is 0 Å². The average molecular weight is 322 g/mol. The summed E-state index contributed by atoms with van der Waals surface area (Å²) in [7, 11) is 0. The molecule has 0 radical (unpaired) electrons. The summed E-state index contributed by atoms with van der Waals surface area (Å²) in [6.07, 6.45) is 0. The molecule has 0 aliphatic heterocycles. The predicted octanol–water partition coefficient (Wildman–Crippen LogP) is 2.54. The Bertz CT molecular complexity index is 735. The van der Waals surface area contributed by atoms with E-state index in [1.54, 1.807) is 5.38 Å². The van der Waals surface area contributed by atoms with Gasteiger partial charge in [0.1, 0.15) is 18.1 Å². The number of nitrogens with one attached hydrogen (secondary N) is 1. The van der Waals surface area contributed by atoms with E-state index in [1.807, 2.05) is 6.92 Å². The molecule has 0 saturated carbocycles. The van der Waals surface area contributed by atoms with Crippen LogP contribution in [0.4, 0.5) is 8.78 Å². The van der Waals surface area contributed by atoms with Crippen molar-refractivity contribution in [2.75, 3.05) is 13.2 Å². The van der Waals surface area contributed by atoms with Crippen molar-refractivity contribution in [2.45, 2.75) is 6.92 Å². The van der Waals surface area contributed by atoms with E-state index in [-0.39, 0.29) is 24.8 Å². The summed E-state index contributed by atoms with van der Waals surface area (Å²) in [5, 5.41) is 5.06. The second-order valence-corrected chi connectivity index (χ2v) is 5.21. The Morgan fingerprint density at radius 1 is 1.41 bits per heavy atom. The van der Waals surface area contributed by atoms with E-state index in [4.69, 9.17) is 4.74 Å². The Hall–Kier alpha value is -2.46. The van der Waals surface area contributed by atoms with E-state index in [0.717, 1.165) is 17.1 Å². The first-order valence-corrected chi connectivity index (χ1v) is 7.18. The van der Waals surface area contributed by atoms with Crippen molar-refractivity contribution in [1.82, 2.24) is 10.3 Å². The Kier molecular flexibility index (Phi) is 5.44. The molecule has 1 aromatic heterocycles. The maximum Gasteiger partial charge on any atom is 0.271 e. The van der Waals surface area contributed by atoms with Gasteiger partial charge in [0.15, 0.2) is 11.6 Å². The van der Waals surface area contributed by atoms with Crippen LogP contribution in [0.3, 0.4) is 0 Å². The van der Waals surface area contributed by atoms with E-state index >= 15 is 0 Å². The maximum absolute atomic E-state index is 13.2. The lowest BCUT2D eigenvalue weighted by atomic mass is 10.3. The average Bonchev–Trinajstić information content (AvgIpc) is 2.91. The quantitative estimate of drug-likeness (QED) is 0.880. The zero-order valence-corrected chi connectivity index (χ0v) is 12.5. The first kappa shape index (κ1) is 15.9. The molecule has 0 unspecified atom stereocenters. The van der Waals surface area contributed by atoms with E-state index in [9.17, 15) is 13.6 Å². The predicted molar refractivity (Wildman–Crippen MR) is 78.8 cm³/mol. The molecule has 1 heterocycles. The number of hydrogen-bond donors (Lipinski definition) is 1. The molecular weight excluding hydrogens is 310 g/mol. The number of aryl methyl sites for hydroxylation is 1. The second kappa shape index (κ2) is 7.52. The Morgan fingerprint density at radius 2 is 2.23 bits per heavy atom. The summed E-state index contributed by atoms with van der Waals surface area (Å²) >= 11 is 1.39. The third-order valence-corrected chi connectivity index (χ3v) is 3.28. The zero-order valence-electron chi connectivity index (χ0n) is 11.7. The molecule has 1 amide bonds. The standard InChI is InChI=1S/C15H12F2N2O2S/c1-10-19-13(9-22-10)15(20)18-6-2-3-7-21-14-5-4-11(16)8-12(14)17/h4-5,8-9H,6-7H2,1H3,(H,18,20). The monoisotopic (exact) mass is 322 g/mol. The zero-order chi connectivity index (χ0) is 15.9. The summed E-state index contributed by atoms with van der Waals surface area (Å²) in [5.74, 6) is 3.46. The van der Waals surface area contributed by atoms with Crippen LogP contribution in [0.25, 0.3) is 0 Å². The highest BCUT2D eigenvalue weighted by atomic mass is 32.1. The molecular formula is C15H12F2N2O2S. The third-order valence-electron chi connectivity index (χ3n) is 2.51. The van der Waals surface area contributed by atoms with Crippen LogP contribution >= 0.6 is 11.3 Å². The lowest BCUT2D eigenvalue weighted by molar-refractivity contribution is 0.0954. The van der Waals surface area contributed by atoms with Crippen molar-refractivity contribution in [2.24, 2.45) is 0 Å². The van der Waals surface area contributed by atoms with Gasteiger partial charge in [-0.25, -0.2) is 13.8 Å². The number of benzene rings is 1. The number of ether oxygens (including phenoxy) is 1. The van der Waals surface area contributed by atoms with Crippen LogP contribution in [-0.4, -0.2) is 24.0 Å². The molecule has 1 aromatic carbocycles. The van der Waals surface area contributed by atoms with Gasteiger partial charge in [0.05, 0.1) is 11.6 Å². The maximum atomic E-state index is 13.2. The number of hydrogen-bond acceptors (Lipinski definition) is 4. The molecule has 0 aliphatic rings. The minimum Gasteiger partial charge on any atom is -0.478 e. The highest BCUT2D eigenvalue weighted by Crippen LogP contribution is 2.17. The summed E-state index contributed by atoms with van der Waals surface area (Å²) in [6, 6.07) is 3.03. The largest absolute Gasteiger partial charge is 0.478 e. The van der Waals surface area contributed by atoms with Gasteiger partial charge in [0.25, 0.3) is 5.91 Å². The van der Waals surface area contributed by atoms with Gasteiger partial charge in [0.2, 0.25) is 0 Å². The van der Waals surface area contributed by atoms with Crippen LogP contribution in [-0.2, 0) is 0 Å². The summed E-state index contributed by atoms with van der Waals surface area (Å²) in [6.45, 7) is 1.88. The van der Waals surface area contributed by atoms with Crippen molar-refractivity contribution in [3.05, 3.63) is 45.9 Å². The van der Waals surface area contributed by atoms with Crippen molar-refractivity contribution >= 4 is 17.2 Å². The van der Waals surface area contributed by atoms with Gasteiger partial charge >= 0.3 is 0 Å². The van der Waals surface area contributed by atoms with E-state index < -0.39 is 11.6 Å². The first-order valence-electron chi connectivity index (χ1n) is 6.30. The van der Waals surface area contributed by atoms with E-state index in [1.165, 1.54) is 17.4 Å². The number of halogens is 2. The van der Waals surface area contributed by atoms with Crippen LogP contribution in [0.15, 0.2) is 23.6 Å². The Labute approximate surface area is 130 Å². The first-order chi connectivity index (χ1) is 10.6. The fraction of sp³-hybridized carbons (Fsp3) is 0.200. The lowest BCUT2D eigenvalue weighted by Gasteiger charge is -2.02. The summed E-state index contributed by atoms with van der Waals surface area (Å²) < 4.78 is 31.0. The lowest BCUT2D eigenvalue weighted by Crippen LogP contribution is -2.23. The molecule has 22 heavy (non-hydrogen) atoms. The van der Waals surface area contributed by atoms with Crippen LogP contribution < -0.4 is 10.1 Å². The molecule has 0 aliphatic carbocycles. The fourth-order valence-corrected chi connectivity index (χ4v) is 2.10. The topological polar surface area (TPSA) is 51.2 Å². The third kappa shape index (κ3) is 4.53. The highest BCUT2D eigenvalue weighted by molar-refractivity contribution is 7.09. The molecule has 4 nitrogen and oxygen atoms in total. The number of nitrogens with zero attached hydrogens (tertiary/aromatic N) is 1. The van der Waals surface area contributed by atoms with Gasteiger partial charge in [-0.1, -0.05) is 11.8 Å². The molecule has 0 bridgehead atoms. The smallest absolute Gasteiger partial charge is 0.271 e. The number of carbonyl (C=O) groups excluding carboxylic acids is 1. The number of carbonyl (C=O) groups is 1. The highest BCUT2D eigenvalue weighted by Gasteiger charge is 2.07. The molecule has 0 atom stereocenters. The Morgan fingerprint density at radius 3 is 2.91 bits per heavy atom. The van der Waals surface area contributed by atoms with Crippen LogP contribution in [0.5, 0.6) is 5.75 Å². The van der Waals surface area contributed by atoms with Gasteiger partial charge in [-0.05, 0) is 19.1 Å². The molecule has 0 spiro atoms. The molecule has 7 heteroatoms. The number of aromatic nitrogens is 1. The molecule has 2 rings (SSSR count). The van der Waals surface area contributed by atoms with Crippen LogP contribution in [0.1, 0.15) is 15.5 Å². The number of amides is 1. The molecule has 0 fully saturated rings. The fourth-order valence-electron chi connectivity index (χ4n) is 1.50. The summed E-state index contributed by atoms with van der Waals surface area (Å²) in [4.78, 5) is 15.7. The van der Waals surface area contributed by atoms with Crippen molar-refractivity contribution in [3.63, 3.8) is 0 Å². The van der Waals surface area contributed by atoms with E-state index in [2.05, 4.69) is 22.1 Å². The van der Waals surface area contributed by atoms with Crippen LogP contribution in [0.2, 0.25) is 0 Å². The van der Waals surface area contributed by atoms with Gasteiger partial charge in [0, 0.05) is 11.4 Å². The van der Waals surface area contributed by atoms with Crippen molar-refractivity contribution in [3.8, 4) is 17.6 Å². The number of thiazole rings is 1. The SMILES string of the molecule is Cc1nc(C(=O)NCC#CCOc2ccc(F)cc2F)cs1. The summed E-state index contributed by atoms with van der Waals surface area (Å²) in [5.41, 5.74) is 0.355. The molecule has 114 valence electrons. The van der Waals surface area contributed by atoms with Gasteiger partial charge in [-0.15, -0.1) is 11.3 Å². The van der Waals surface area contributed by atoms with Crippen molar-refractivity contribution < 1.29 is 18.3 Å². The normalized spacial score (nSPS) is 9.77. The van der Waals surface area contributed by atoms with Crippen LogP contribution in [0, 0.1) is 30.4 Å². The minimum atomic E-state index is -0.783. The second-order valence-electron chi connectivity index (χ2n) is 4.15. The van der Waals surface area contributed by atoms with Gasteiger partial charge < -0.3 is 10.1 Å². The van der Waals surface area contributed by atoms with E-state index in [0.29, 0.717) is 5.69 Å². The van der Waals surface area contributed by atoms with Gasteiger partial charge in [-0.3, -0.25) is 4.79 Å². The molecule has 2 aromatic rings. The van der Waals surface area contributed by atoms with Gasteiger partial charge in [-0.2, -0.15) is 0 Å². The molecule has 0 saturated heterocycles.